The fourth-order valence-electron chi connectivity index (χ4n) is 2.50. The second-order valence-corrected chi connectivity index (χ2v) is 8.85. The summed E-state index contributed by atoms with van der Waals surface area (Å²) in [4.78, 5) is 11.9. The molecule has 8 nitrogen and oxygen atoms in total. The van der Waals surface area contributed by atoms with Gasteiger partial charge in [-0.05, 0) is 44.2 Å². The highest BCUT2D eigenvalue weighted by Gasteiger charge is 2.21. The lowest BCUT2D eigenvalue weighted by Crippen LogP contribution is -2.35. The van der Waals surface area contributed by atoms with Crippen molar-refractivity contribution in [3.63, 3.8) is 0 Å². The number of carbonyl (C=O) groups is 1. The molecular formula is C21H28F3N3O5S. The standard InChI is InChI=1S/C17H17F3N2O4S.C4H11NO/c1-10(9-26-2)22-27(24,25)12-4-6-14(18)13(8-12)17(23)21-11-3-5-15(19)16(20)7-11;1-4(5)3-6-2/h3-8,10,22H,9H2,1-2H3,(H,21,23);4H,3,5H2,1-2H3/t10-;4-/m00/s1. The maximum atomic E-state index is 14.0. The number of methoxy groups -OCH3 is 2. The first-order valence-corrected chi connectivity index (χ1v) is 11.2. The van der Waals surface area contributed by atoms with Gasteiger partial charge in [-0.2, -0.15) is 0 Å². The van der Waals surface area contributed by atoms with Crippen molar-refractivity contribution in [1.29, 1.82) is 0 Å². The molecule has 12 heteroatoms. The molecule has 0 aromatic heterocycles. The lowest BCUT2D eigenvalue weighted by molar-refractivity contribution is 0.102. The molecule has 0 spiro atoms. The minimum Gasteiger partial charge on any atom is -0.383 e. The van der Waals surface area contributed by atoms with E-state index in [1.165, 1.54) is 7.11 Å². The van der Waals surface area contributed by atoms with Crippen LogP contribution in [0.15, 0.2) is 41.3 Å². The van der Waals surface area contributed by atoms with E-state index < -0.39 is 45.0 Å². The minimum atomic E-state index is -4.03. The third-order valence-corrected chi connectivity index (χ3v) is 5.46. The molecule has 2 aromatic rings. The summed E-state index contributed by atoms with van der Waals surface area (Å²) in [5.74, 6) is -4.29. The zero-order chi connectivity index (χ0) is 25.2. The molecule has 0 aliphatic heterocycles. The monoisotopic (exact) mass is 491 g/mol. The van der Waals surface area contributed by atoms with Crippen molar-refractivity contribution in [3.8, 4) is 0 Å². The topological polar surface area (TPSA) is 120 Å². The predicted molar refractivity (Wildman–Crippen MR) is 118 cm³/mol. The molecule has 2 aromatic carbocycles. The average molecular weight is 492 g/mol. The number of halogens is 3. The first-order chi connectivity index (χ1) is 15.4. The van der Waals surface area contributed by atoms with Gasteiger partial charge in [-0.25, -0.2) is 26.3 Å². The van der Waals surface area contributed by atoms with Crippen molar-refractivity contribution in [1.82, 2.24) is 4.72 Å². The van der Waals surface area contributed by atoms with Crippen LogP contribution in [0.5, 0.6) is 0 Å². The summed E-state index contributed by atoms with van der Waals surface area (Å²) in [5.41, 5.74) is 4.60. The molecule has 0 bridgehead atoms. The van der Waals surface area contributed by atoms with Crippen molar-refractivity contribution in [2.75, 3.05) is 32.8 Å². The molecule has 0 unspecified atom stereocenters. The van der Waals surface area contributed by atoms with Gasteiger partial charge >= 0.3 is 0 Å². The van der Waals surface area contributed by atoms with Crippen LogP contribution < -0.4 is 15.8 Å². The van der Waals surface area contributed by atoms with Crippen molar-refractivity contribution in [2.45, 2.75) is 30.8 Å². The highest BCUT2D eigenvalue weighted by molar-refractivity contribution is 7.89. The highest BCUT2D eigenvalue weighted by Crippen LogP contribution is 2.19. The van der Waals surface area contributed by atoms with Gasteiger partial charge in [0.15, 0.2) is 11.6 Å². The van der Waals surface area contributed by atoms with Gasteiger partial charge in [0.1, 0.15) is 5.82 Å². The van der Waals surface area contributed by atoms with Crippen LogP contribution in [-0.2, 0) is 19.5 Å². The minimum absolute atomic E-state index is 0.113. The summed E-state index contributed by atoms with van der Waals surface area (Å²) < 4.78 is 76.7. The van der Waals surface area contributed by atoms with Crippen LogP contribution in [0.4, 0.5) is 18.9 Å². The number of sulfonamides is 1. The molecule has 2 rings (SSSR count). The van der Waals surface area contributed by atoms with E-state index >= 15 is 0 Å². The van der Waals surface area contributed by atoms with Crippen LogP contribution >= 0.6 is 0 Å². The van der Waals surface area contributed by atoms with Crippen LogP contribution in [0, 0.1) is 17.5 Å². The number of rotatable bonds is 9. The number of carbonyl (C=O) groups excluding carboxylic acids is 1. The van der Waals surface area contributed by atoms with Gasteiger partial charge in [0, 0.05) is 38.1 Å². The number of ether oxygens (including phenoxy) is 2. The quantitative estimate of drug-likeness (QED) is 0.496. The summed E-state index contributed by atoms with van der Waals surface area (Å²) >= 11 is 0. The first-order valence-electron chi connectivity index (χ1n) is 9.73. The van der Waals surface area contributed by atoms with Gasteiger partial charge in [-0.1, -0.05) is 0 Å². The summed E-state index contributed by atoms with van der Waals surface area (Å²) in [7, 11) is -0.978. The Bertz CT molecular complexity index is 1040. The highest BCUT2D eigenvalue weighted by atomic mass is 32.2. The normalized spacial score (nSPS) is 13.0. The van der Waals surface area contributed by atoms with E-state index in [1.807, 2.05) is 6.92 Å². The molecule has 0 saturated heterocycles. The number of nitrogens with one attached hydrogen (secondary N) is 2. The lowest BCUT2D eigenvalue weighted by Gasteiger charge is -2.14. The van der Waals surface area contributed by atoms with Crippen molar-refractivity contribution >= 4 is 21.6 Å². The molecule has 4 N–H and O–H groups in total. The van der Waals surface area contributed by atoms with Gasteiger partial charge in [0.2, 0.25) is 10.0 Å². The zero-order valence-corrected chi connectivity index (χ0v) is 19.5. The Hall–Kier alpha value is -2.51. The largest absolute Gasteiger partial charge is 0.383 e. The lowest BCUT2D eigenvalue weighted by atomic mass is 10.2. The molecule has 0 radical (unpaired) electrons. The van der Waals surface area contributed by atoms with Crippen molar-refractivity contribution in [2.24, 2.45) is 5.73 Å². The second kappa shape index (κ2) is 13.3. The van der Waals surface area contributed by atoms with E-state index in [0.29, 0.717) is 6.61 Å². The third kappa shape index (κ3) is 9.48. The summed E-state index contributed by atoms with van der Waals surface area (Å²) in [6.07, 6.45) is 0. The zero-order valence-electron chi connectivity index (χ0n) is 18.7. The Labute approximate surface area is 191 Å². The Morgan fingerprint density at radius 1 is 0.970 bits per heavy atom. The smallest absolute Gasteiger partial charge is 0.258 e. The molecule has 184 valence electrons. The van der Waals surface area contributed by atoms with E-state index in [1.54, 1.807) is 14.0 Å². The maximum Gasteiger partial charge on any atom is 0.258 e. The van der Waals surface area contributed by atoms with Gasteiger partial charge in [0.25, 0.3) is 5.91 Å². The van der Waals surface area contributed by atoms with Crippen LogP contribution in [0.25, 0.3) is 0 Å². The summed E-state index contributed by atoms with van der Waals surface area (Å²) in [6.45, 7) is 4.24. The molecule has 0 saturated carbocycles. The predicted octanol–water partition coefficient (Wildman–Crippen LogP) is 2.65. The van der Waals surface area contributed by atoms with E-state index in [0.717, 1.165) is 36.4 Å². The Balaban J connectivity index is 0.000000801. The molecule has 0 fully saturated rings. The van der Waals surface area contributed by atoms with Gasteiger partial charge in [-0.3, -0.25) is 4.79 Å². The molecule has 0 heterocycles. The Morgan fingerprint density at radius 2 is 1.58 bits per heavy atom. The number of nitrogens with two attached hydrogens (primary N) is 1. The average Bonchev–Trinajstić information content (AvgIpc) is 2.71. The van der Waals surface area contributed by atoms with Gasteiger partial charge < -0.3 is 20.5 Å². The van der Waals surface area contributed by atoms with Crippen LogP contribution in [0.2, 0.25) is 0 Å². The van der Waals surface area contributed by atoms with Crippen LogP contribution in [-0.4, -0.2) is 53.8 Å². The maximum absolute atomic E-state index is 14.0. The molecule has 2 atom stereocenters. The van der Waals surface area contributed by atoms with Gasteiger partial charge in [0.05, 0.1) is 23.7 Å². The third-order valence-electron chi connectivity index (χ3n) is 3.87. The fraction of sp³-hybridized carbons (Fsp3) is 0.381. The van der Waals surface area contributed by atoms with Gasteiger partial charge in [-0.15, -0.1) is 0 Å². The molecule has 0 aliphatic carbocycles. The number of amides is 1. The van der Waals surface area contributed by atoms with E-state index in [-0.39, 0.29) is 23.2 Å². The Morgan fingerprint density at radius 3 is 2.09 bits per heavy atom. The molecule has 33 heavy (non-hydrogen) atoms. The SMILES string of the molecule is COC[C@H](C)N.COC[C@H](C)NS(=O)(=O)c1ccc(F)c(C(=O)Nc2ccc(F)c(F)c2)c1. The van der Waals surface area contributed by atoms with Crippen LogP contribution in [0.1, 0.15) is 24.2 Å². The summed E-state index contributed by atoms with van der Waals surface area (Å²) in [5, 5.41) is 2.19. The van der Waals surface area contributed by atoms with Crippen LogP contribution in [0.3, 0.4) is 0 Å². The Kier molecular flexibility index (Phi) is 11.5. The van der Waals surface area contributed by atoms with Crippen molar-refractivity contribution < 1.29 is 35.9 Å². The van der Waals surface area contributed by atoms with Crippen molar-refractivity contribution in [3.05, 3.63) is 59.4 Å². The molecule has 0 aliphatic rings. The summed E-state index contributed by atoms with van der Waals surface area (Å²) in [6, 6.07) is 4.92. The number of hydrogen-bond acceptors (Lipinski definition) is 6. The van der Waals surface area contributed by atoms with E-state index in [4.69, 9.17) is 10.5 Å². The van der Waals surface area contributed by atoms with E-state index in [2.05, 4.69) is 14.8 Å². The van der Waals surface area contributed by atoms with E-state index in [9.17, 15) is 26.4 Å². The number of benzene rings is 2. The fourth-order valence-corrected chi connectivity index (χ4v) is 3.75. The molecule has 1 amide bonds. The first kappa shape index (κ1) is 28.5. The number of anilines is 1. The number of hydrogen-bond donors (Lipinski definition) is 3. The second-order valence-electron chi connectivity index (χ2n) is 7.13. The molecular weight excluding hydrogens is 463 g/mol.